The monoisotopic (exact) mass is 386 g/mol. The first kappa shape index (κ1) is 17.5. The predicted octanol–water partition coefficient (Wildman–Crippen LogP) is 3.67. The molecule has 0 N–H and O–H groups in total. The molecule has 1 aliphatic rings. The fourth-order valence-corrected chi connectivity index (χ4v) is 4.59. The van der Waals surface area contributed by atoms with E-state index in [1.807, 2.05) is 6.92 Å². The van der Waals surface area contributed by atoms with Crippen molar-refractivity contribution in [3.63, 3.8) is 0 Å². The Morgan fingerprint density at radius 3 is 2.50 bits per heavy atom. The topological polar surface area (TPSA) is 43.4 Å². The van der Waals surface area contributed by atoms with Crippen LogP contribution in [0.3, 0.4) is 0 Å². The van der Waals surface area contributed by atoms with Gasteiger partial charge < -0.3 is 0 Å². The molecular formula is C16H26O3Sn. The van der Waals surface area contributed by atoms with Crippen LogP contribution in [0.2, 0.25) is 14.8 Å². The van der Waals surface area contributed by atoms with Gasteiger partial charge in [-0.3, -0.25) is 0 Å². The fraction of sp³-hybridized carbons (Fsp3) is 0.625. The summed E-state index contributed by atoms with van der Waals surface area (Å²) in [6.45, 7) is 4.15. The Morgan fingerprint density at radius 1 is 1.45 bits per heavy atom. The molecule has 0 saturated carbocycles. The Labute approximate surface area is 126 Å². The van der Waals surface area contributed by atoms with E-state index in [1.165, 1.54) is 10.7 Å². The summed E-state index contributed by atoms with van der Waals surface area (Å²) in [4.78, 5) is 31.1. The summed E-state index contributed by atoms with van der Waals surface area (Å²) < 4.78 is 6.42. The van der Waals surface area contributed by atoms with Gasteiger partial charge in [0.2, 0.25) is 0 Å². The number of esters is 1. The number of carbonyl (C=O) groups excluding carboxylic acids is 2. The van der Waals surface area contributed by atoms with Crippen LogP contribution in [-0.2, 0) is 14.3 Å². The summed E-state index contributed by atoms with van der Waals surface area (Å²) in [5.41, 5.74) is 0.168. The summed E-state index contributed by atoms with van der Waals surface area (Å²) in [5, 5.41) is 0. The van der Waals surface area contributed by atoms with Crippen LogP contribution in [0.15, 0.2) is 21.3 Å². The Balaban J connectivity index is 3.14. The summed E-state index contributed by atoms with van der Waals surface area (Å²) in [7, 11) is 1.40. The van der Waals surface area contributed by atoms with Crippen molar-refractivity contribution in [1.82, 2.24) is 0 Å². The molecule has 3 nitrogen and oxygen atoms in total. The van der Waals surface area contributed by atoms with Crippen molar-refractivity contribution >= 4 is 30.1 Å². The van der Waals surface area contributed by atoms with Crippen molar-refractivity contribution in [2.45, 2.75) is 47.9 Å². The maximum absolute atomic E-state index is 12.3. The van der Waals surface area contributed by atoms with Crippen molar-refractivity contribution in [2.75, 3.05) is 7.11 Å². The van der Waals surface area contributed by atoms with Gasteiger partial charge in [-0.15, -0.1) is 0 Å². The van der Waals surface area contributed by atoms with Crippen LogP contribution in [0.25, 0.3) is 0 Å². The molecule has 0 radical (unpaired) electrons. The van der Waals surface area contributed by atoms with Gasteiger partial charge in [-0.1, -0.05) is 0 Å². The zero-order chi connectivity index (χ0) is 15.6. The van der Waals surface area contributed by atoms with Crippen molar-refractivity contribution in [1.29, 1.82) is 0 Å². The molecule has 0 aromatic carbocycles. The quantitative estimate of drug-likeness (QED) is 0.536. The fourth-order valence-electron chi connectivity index (χ4n) is 2.55. The minimum absolute atomic E-state index is 0.0394. The number of carbonyl (C=O) groups is 2. The van der Waals surface area contributed by atoms with E-state index in [2.05, 4.69) is 27.8 Å². The molecule has 0 fully saturated rings. The second-order valence-corrected chi connectivity index (χ2v) is 21.7. The number of allylic oxidation sites excluding steroid dienone is 3. The zero-order valence-corrected chi connectivity index (χ0v) is 16.4. The van der Waals surface area contributed by atoms with Gasteiger partial charge in [0.05, 0.1) is 0 Å². The minimum atomic E-state index is -2.08. The van der Waals surface area contributed by atoms with Crippen LogP contribution in [-0.4, -0.2) is 37.2 Å². The molecule has 1 atom stereocenters. The van der Waals surface area contributed by atoms with E-state index in [0.29, 0.717) is 12.8 Å². The Kier molecular flexibility index (Phi) is 5.64. The predicted molar refractivity (Wildman–Crippen MR) is 84.2 cm³/mol. The van der Waals surface area contributed by atoms with Crippen molar-refractivity contribution in [3.8, 4) is 0 Å². The van der Waals surface area contributed by atoms with Crippen molar-refractivity contribution in [2.24, 2.45) is 5.41 Å². The van der Waals surface area contributed by atoms with E-state index < -0.39 is 23.8 Å². The average molecular weight is 385 g/mol. The molecule has 0 saturated heterocycles. The molecule has 0 spiro atoms. The number of hydrogen-bond acceptors (Lipinski definition) is 3. The first-order valence-corrected chi connectivity index (χ1v) is 17.2. The normalized spacial score (nSPS) is 23.8. The van der Waals surface area contributed by atoms with Gasteiger partial charge >= 0.3 is 126 Å². The average Bonchev–Trinajstić information content (AvgIpc) is 2.71. The maximum atomic E-state index is 12.3. The molecule has 1 rings (SSSR count). The van der Waals surface area contributed by atoms with Gasteiger partial charge in [-0.2, -0.15) is 0 Å². The second kappa shape index (κ2) is 6.46. The summed E-state index contributed by atoms with van der Waals surface area (Å²) in [6.07, 6.45) is 5.37. The number of rotatable bonds is 5. The molecule has 0 aromatic rings. The van der Waals surface area contributed by atoms with Gasteiger partial charge in [0.15, 0.2) is 0 Å². The summed E-state index contributed by atoms with van der Waals surface area (Å²) in [6, 6.07) is 0. The van der Waals surface area contributed by atoms with E-state index in [-0.39, 0.29) is 18.2 Å². The van der Waals surface area contributed by atoms with Gasteiger partial charge in [0.1, 0.15) is 0 Å². The molecule has 4 heteroatoms. The van der Waals surface area contributed by atoms with Gasteiger partial charge in [0.25, 0.3) is 0 Å². The van der Waals surface area contributed by atoms with Crippen LogP contribution in [0.4, 0.5) is 0 Å². The van der Waals surface area contributed by atoms with Gasteiger partial charge in [-0.25, -0.2) is 0 Å². The van der Waals surface area contributed by atoms with E-state index >= 15 is 0 Å². The molecule has 0 aliphatic heterocycles. The molecule has 0 aromatic heterocycles. The number of methoxy groups -OCH3 is 1. The first-order valence-electron chi connectivity index (χ1n) is 7.17. The van der Waals surface area contributed by atoms with Crippen LogP contribution in [0.1, 0.15) is 33.1 Å². The Morgan fingerprint density at radius 2 is 2.05 bits per heavy atom. The molecule has 0 heterocycles. The molecule has 1 unspecified atom stereocenters. The number of hydrogen-bond donors (Lipinski definition) is 0. The van der Waals surface area contributed by atoms with Crippen molar-refractivity contribution < 1.29 is 14.3 Å². The van der Waals surface area contributed by atoms with E-state index in [4.69, 9.17) is 4.74 Å². The summed E-state index contributed by atoms with van der Waals surface area (Å²) in [5.74, 6) is -0.234. The van der Waals surface area contributed by atoms with Crippen LogP contribution in [0.5, 0.6) is 0 Å². The van der Waals surface area contributed by atoms with E-state index in [0.717, 1.165) is 5.57 Å². The Bertz CT molecular complexity index is 469. The third-order valence-corrected chi connectivity index (χ3v) is 11.7. The molecule has 20 heavy (non-hydrogen) atoms. The third-order valence-electron chi connectivity index (χ3n) is 4.32. The van der Waals surface area contributed by atoms with E-state index in [9.17, 15) is 9.59 Å². The molecule has 0 amide bonds. The Hall–Kier alpha value is -0.581. The van der Waals surface area contributed by atoms with Crippen LogP contribution < -0.4 is 0 Å². The SMILES string of the molecule is CCC1=CC(=O)CC1(C/C=[C](\C)[Sn]([CH3])([CH3])[CH3])C(=O)OC. The molecule has 0 bridgehead atoms. The van der Waals surface area contributed by atoms with Crippen molar-refractivity contribution in [3.05, 3.63) is 21.3 Å². The van der Waals surface area contributed by atoms with Crippen LogP contribution >= 0.6 is 0 Å². The molecule has 112 valence electrons. The second-order valence-electron chi connectivity index (χ2n) is 6.58. The number of ether oxygens (including phenoxy) is 1. The third kappa shape index (κ3) is 3.54. The van der Waals surface area contributed by atoms with Gasteiger partial charge in [-0.05, 0) is 0 Å². The standard InChI is InChI=1S/C13H17O3.3CH3.Sn/c1-4-6-7-13(12(15)16-3)9-11(14)8-10(13)5-2;;;;/h6,8H,5,7,9H2,1-3H3;3*1H3;. The van der Waals surface area contributed by atoms with E-state index in [1.54, 1.807) is 6.08 Å². The summed E-state index contributed by atoms with van der Waals surface area (Å²) >= 11 is -2.08. The molecular weight excluding hydrogens is 359 g/mol. The zero-order valence-electron chi connectivity index (χ0n) is 13.5. The van der Waals surface area contributed by atoms with Gasteiger partial charge in [0, 0.05) is 0 Å². The van der Waals surface area contributed by atoms with Crippen LogP contribution in [0, 0.1) is 5.41 Å². The first-order chi connectivity index (χ1) is 9.17. The molecule has 1 aliphatic carbocycles. The number of ketones is 1.